The molecule has 2 nitrogen and oxygen atoms in total. The Morgan fingerprint density at radius 3 is 1.11 bits per heavy atom. The summed E-state index contributed by atoms with van der Waals surface area (Å²) in [5, 5.41) is 10.9. The van der Waals surface area contributed by atoms with Crippen LogP contribution in [0.1, 0.15) is 167 Å². The van der Waals surface area contributed by atoms with Crippen molar-refractivity contribution in [2.75, 3.05) is 0 Å². The molecule has 0 aliphatic rings. The van der Waals surface area contributed by atoms with Crippen LogP contribution in [0.15, 0.2) is 330 Å². The molecule has 0 spiro atoms. The molecule has 582 valence electrons. The second kappa shape index (κ2) is 31.9. The summed E-state index contributed by atoms with van der Waals surface area (Å²) in [4.78, 5) is 0. The SMILES string of the molecule is CC(C)(C)c1cccc2sc3cccc(-c4ccccc4)c3c12.[2H]c1c([2H])c(C)c([2H])c(-c2cccc3oc4cccc(C(C)(C)C)c4c23)c1[2H].[2H]c1c([2H])c(C)c([2H])c(-c2cccc3sc4cccc(C(C)(C)C)c4c23)c1[2H].[2H]c1c([2H])c([2H])c(-c2cccc3c2oc2c(C(C)(C)C)cccc23)c([2H])c1[2H].[2H]c1c([2H])c([2H])c(-c2cccc3c2sc2c(C(C)(C)C)cccc23)c([2H])c1[2H]. The molecule has 5 heterocycles. The summed E-state index contributed by atoms with van der Waals surface area (Å²) in [7, 11) is 0. The van der Waals surface area contributed by atoms with Gasteiger partial charge in [-0.3, -0.25) is 0 Å². The minimum Gasteiger partial charge on any atom is -0.456 e. The molecule has 0 saturated carbocycles. The first-order valence-electron chi connectivity index (χ1n) is 48.6. The van der Waals surface area contributed by atoms with E-state index in [0.717, 1.165) is 75.0 Å². The van der Waals surface area contributed by atoms with Crippen LogP contribution in [0.2, 0.25) is 0 Å². The number of hydrogen-bond acceptors (Lipinski definition) is 5. The van der Waals surface area contributed by atoms with Gasteiger partial charge >= 0.3 is 0 Å². The van der Waals surface area contributed by atoms with Crippen molar-refractivity contribution in [3.8, 4) is 55.6 Å². The molecule has 0 aliphatic carbocycles. The Bertz CT molecular complexity index is 7690. The first-order valence-corrected chi connectivity index (χ1v) is 42.1. The average molecular weight is 1600 g/mol. The van der Waals surface area contributed by atoms with Gasteiger partial charge in [0.25, 0.3) is 0 Å². The average Bonchev–Trinajstić information content (AvgIpc) is 1.60. The molecule has 0 N–H and O–H groups in total. The van der Waals surface area contributed by atoms with Gasteiger partial charge in [-0.15, -0.1) is 34.0 Å². The predicted octanol–water partition coefficient (Wildman–Crippen LogP) is 34.8. The zero-order valence-corrected chi connectivity index (χ0v) is 71.7. The van der Waals surface area contributed by atoms with E-state index >= 15 is 0 Å². The van der Waals surface area contributed by atoms with Crippen molar-refractivity contribution in [1.29, 1.82) is 0 Å². The predicted molar refractivity (Wildman–Crippen MR) is 516 cm³/mol. The first-order chi connectivity index (χ1) is 63.6. The minimum atomic E-state index is -0.398. The molecule has 0 atom stereocenters. The highest BCUT2D eigenvalue weighted by Crippen LogP contribution is 2.50. The van der Waals surface area contributed by atoms with Gasteiger partial charge in [0.1, 0.15) is 22.3 Å². The van der Waals surface area contributed by atoms with Crippen molar-refractivity contribution in [2.24, 2.45) is 0 Å². The van der Waals surface area contributed by atoms with Crippen LogP contribution in [-0.2, 0) is 27.1 Å². The molecule has 20 rings (SSSR count). The van der Waals surface area contributed by atoms with E-state index in [1.165, 1.54) is 62.8 Å². The second-order valence-electron chi connectivity index (χ2n) is 34.9. The number of furan rings is 2. The second-order valence-corrected chi connectivity index (χ2v) is 38.1. The normalized spacial score (nSPS) is 14.3. The number of thiophene rings is 3. The monoisotopic (exact) mass is 1590 g/mol. The highest BCUT2D eigenvalue weighted by Gasteiger charge is 2.28. The van der Waals surface area contributed by atoms with Crippen molar-refractivity contribution in [3.63, 3.8) is 0 Å². The summed E-state index contributed by atoms with van der Waals surface area (Å²) in [5.74, 6) is 0. The minimum absolute atomic E-state index is 0.0166. The fourth-order valence-corrected chi connectivity index (χ4v) is 19.7. The van der Waals surface area contributed by atoms with Crippen molar-refractivity contribution in [3.05, 3.63) is 360 Å². The van der Waals surface area contributed by atoms with Crippen molar-refractivity contribution in [2.45, 2.75) is 145 Å². The molecule has 20 aromatic rings. The number of hydrogen-bond donors (Lipinski definition) is 0. The maximum Gasteiger partial charge on any atom is 0.143 e. The van der Waals surface area contributed by atoms with E-state index in [2.05, 4.69) is 219 Å². The third-order valence-corrected chi connectivity index (χ3v) is 24.8. The Hall–Kier alpha value is -11.4. The lowest BCUT2D eigenvalue weighted by Gasteiger charge is -2.21. The van der Waals surface area contributed by atoms with Gasteiger partial charge in [0, 0.05) is 93.2 Å². The summed E-state index contributed by atoms with van der Waals surface area (Å²) < 4.78 is 167. The largest absolute Gasteiger partial charge is 0.456 e. The third kappa shape index (κ3) is 16.0. The van der Waals surface area contributed by atoms with E-state index in [-0.39, 0.29) is 141 Å². The number of fused-ring (bicyclic) bond motifs is 15. The zero-order chi connectivity index (χ0) is 97.5. The Labute approximate surface area is 728 Å². The van der Waals surface area contributed by atoms with Crippen molar-refractivity contribution >= 4 is 138 Å². The van der Waals surface area contributed by atoms with Crippen LogP contribution in [0.25, 0.3) is 160 Å². The van der Waals surface area contributed by atoms with Gasteiger partial charge in [-0.1, -0.05) is 400 Å². The van der Waals surface area contributed by atoms with Gasteiger partial charge in [0.2, 0.25) is 0 Å². The molecule has 5 heteroatoms. The van der Waals surface area contributed by atoms with Gasteiger partial charge in [-0.2, -0.15) is 0 Å². The molecule has 117 heavy (non-hydrogen) atoms. The summed E-state index contributed by atoms with van der Waals surface area (Å²) in [6.45, 7) is 36.2. The fraction of sp³-hybridized carbons (Fsp3) is 0.196. The Balaban J connectivity index is 0.000000123. The third-order valence-electron chi connectivity index (χ3n) is 21.3. The van der Waals surface area contributed by atoms with E-state index in [9.17, 15) is 0 Å². The lowest BCUT2D eigenvalue weighted by molar-refractivity contribution is 0.573. The van der Waals surface area contributed by atoms with E-state index in [1.807, 2.05) is 102 Å². The summed E-state index contributed by atoms with van der Waals surface area (Å²) in [6, 6.07) is 68.7. The maximum atomic E-state index is 8.60. The van der Waals surface area contributed by atoms with E-state index in [0.29, 0.717) is 50.1 Å². The standard InChI is InChI=1S/C23H22O.C23H22S.C22H20O.2C22H20S/c2*1-15-8-5-9-16(14-15)17-10-6-12-19-21(17)22-18(23(2,3)4)11-7-13-20(22)24-19;1-22(2,3)19-14-8-13-18-17-12-7-11-16(20(17)23-21(18)19)15-9-5-4-6-10-15;1-22(2,3)17-12-8-14-19-21(17)20-16(11-7-13-18(20)23-19)15-9-5-4-6-10-15;1-22(2,3)19-14-8-13-18-17-12-7-11-16(20(17)23-21(18)19)15-9-5-4-6-10-15/h2*5-14H,1-4H3;3*4-14H,1-3H3/i2*5D,8D,9D,14D;4D,5D,6D,9D,10D;;4D,5D,6D,9D,10D. The van der Waals surface area contributed by atoms with Gasteiger partial charge < -0.3 is 8.83 Å². The lowest BCUT2D eigenvalue weighted by atomic mass is 9.83. The van der Waals surface area contributed by atoms with Crippen LogP contribution >= 0.6 is 34.0 Å². The van der Waals surface area contributed by atoms with Gasteiger partial charge in [0.15, 0.2) is 0 Å². The zero-order valence-electron chi connectivity index (χ0n) is 87.2. The molecular weight excluding hydrogens is 1470 g/mol. The molecule has 0 saturated heterocycles. The molecule has 15 aromatic carbocycles. The maximum absolute atomic E-state index is 8.60. The Morgan fingerprint density at radius 1 is 0.239 bits per heavy atom. The Kier molecular flexibility index (Phi) is 16.4. The van der Waals surface area contributed by atoms with Crippen molar-refractivity contribution in [1.82, 2.24) is 0 Å². The molecular formula is C112H104O2S3. The van der Waals surface area contributed by atoms with Gasteiger partial charge in [-0.25, -0.2) is 0 Å². The van der Waals surface area contributed by atoms with Crippen LogP contribution in [-0.4, -0.2) is 0 Å². The number of benzene rings is 15. The molecule has 0 unspecified atom stereocenters. The van der Waals surface area contributed by atoms with E-state index < -0.39 is 6.04 Å². The topological polar surface area (TPSA) is 26.3 Å². The molecule has 0 aliphatic heterocycles. The lowest BCUT2D eigenvalue weighted by Crippen LogP contribution is -2.11. The van der Waals surface area contributed by atoms with E-state index in [4.69, 9.17) is 33.5 Å². The highest BCUT2D eigenvalue weighted by molar-refractivity contribution is 7.27. The quantitative estimate of drug-likeness (QED) is 0.172. The summed E-state index contributed by atoms with van der Waals surface area (Å²) in [5.41, 5.74) is 16.2. The first kappa shape index (κ1) is 60.1. The van der Waals surface area contributed by atoms with Crippen LogP contribution in [0.3, 0.4) is 0 Å². The van der Waals surface area contributed by atoms with Crippen LogP contribution < -0.4 is 0 Å². The molecule has 0 fully saturated rings. The molecule has 0 radical (unpaired) electrons. The fourth-order valence-electron chi connectivity index (χ4n) is 15.9. The van der Waals surface area contributed by atoms with Crippen LogP contribution in [0, 0.1) is 13.8 Å². The molecule has 5 aromatic heterocycles. The molecule has 0 amide bonds. The van der Waals surface area contributed by atoms with Crippen LogP contribution in [0.4, 0.5) is 0 Å². The van der Waals surface area contributed by atoms with Crippen LogP contribution in [0.5, 0.6) is 0 Å². The Morgan fingerprint density at radius 2 is 0.598 bits per heavy atom. The van der Waals surface area contributed by atoms with Gasteiger partial charge in [-0.05, 0) is 150 Å². The number of rotatable bonds is 5. The van der Waals surface area contributed by atoms with Gasteiger partial charge in [0.05, 0.1) is 24.7 Å². The smallest absolute Gasteiger partial charge is 0.143 e. The number of para-hydroxylation sites is 2. The summed E-state index contributed by atoms with van der Waals surface area (Å²) >= 11 is 5.25. The van der Waals surface area contributed by atoms with E-state index in [1.54, 1.807) is 42.6 Å². The molecule has 0 bridgehead atoms. The highest BCUT2D eigenvalue weighted by atomic mass is 32.1. The summed E-state index contributed by atoms with van der Waals surface area (Å²) in [6.07, 6.45) is 0. The van der Waals surface area contributed by atoms with Crippen molar-refractivity contribution < 1.29 is 33.5 Å².